The lowest BCUT2D eigenvalue weighted by Gasteiger charge is -2.23. The number of ketones is 1. The molecule has 2 rings (SSSR count). The number of rotatable bonds is 4. The Morgan fingerprint density at radius 1 is 1.50 bits per heavy atom. The van der Waals surface area contributed by atoms with Crippen molar-refractivity contribution in [1.29, 1.82) is 0 Å². The molecule has 0 radical (unpaired) electrons. The molecule has 1 aliphatic rings. The molecule has 0 aromatic heterocycles. The maximum absolute atomic E-state index is 12.3. The van der Waals surface area contributed by atoms with Gasteiger partial charge in [0.25, 0.3) is 0 Å². The van der Waals surface area contributed by atoms with E-state index >= 15 is 0 Å². The highest BCUT2D eigenvalue weighted by molar-refractivity contribution is 7.91. The largest absolute Gasteiger partial charge is 0.496 e. The molecule has 0 aliphatic carbocycles. The van der Waals surface area contributed by atoms with Crippen LogP contribution in [-0.4, -0.2) is 45.4 Å². The Morgan fingerprint density at radius 2 is 2.25 bits per heavy atom. The number of sulfone groups is 1. The molecule has 1 aromatic rings. The summed E-state index contributed by atoms with van der Waals surface area (Å²) < 4.78 is 28.3. The summed E-state index contributed by atoms with van der Waals surface area (Å²) in [4.78, 5) is 12.3. The van der Waals surface area contributed by atoms with Crippen molar-refractivity contribution in [3.63, 3.8) is 0 Å². The van der Waals surface area contributed by atoms with E-state index in [2.05, 4.69) is 5.32 Å². The van der Waals surface area contributed by atoms with Gasteiger partial charge in [-0.15, -0.1) is 0 Å². The molecule has 110 valence electrons. The van der Waals surface area contributed by atoms with E-state index in [4.69, 9.17) is 16.3 Å². The van der Waals surface area contributed by atoms with Crippen molar-refractivity contribution >= 4 is 27.2 Å². The summed E-state index contributed by atoms with van der Waals surface area (Å²) in [5.74, 6) is 0.372. The van der Waals surface area contributed by atoms with Crippen LogP contribution in [0, 0.1) is 0 Å². The van der Waals surface area contributed by atoms with Crippen LogP contribution in [0.3, 0.4) is 0 Å². The van der Waals surface area contributed by atoms with E-state index in [0.717, 1.165) is 0 Å². The minimum Gasteiger partial charge on any atom is -0.496 e. The highest BCUT2D eigenvalue weighted by Gasteiger charge is 2.27. The van der Waals surface area contributed by atoms with E-state index in [1.54, 1.807) is 18.2 Å². The third kappa shape index (κ3) is 3.71. The number of benzene rings is 1. The first-order valence-corrected chi connectivity index (χ1v) is 8.42. The monoisotopic (exact) mass is 317 g/mol. The molecule has 0 amide bonds. The van der Waals surface area contributed by atoms with Crippen molar-refractivity contribution in [1.82, 2.24) is 5.32 Å². The molecule has 1 saturated heterocycles. The summed E-state index contributed by atoms with van der Waals surface area (Å²) in [6, 6.07) is 4.45. The van der Waals surface area contributed by atoms with Gasteiger partial charge in [0.1, 0.15) is 5.75 Å². The van der Waals surface area contributed by atoms with E-state index < -0.39 is 9.84 Å². The number of halogens is 1. The molecule has 1 fully saturated rings. The molecule has 0 bridgehead atoms. The molecule has 1 aliphatic heterocycles. The normalized spacial score (nSPS) is 21.4. The van der Waals surface area contributed by atoms with Gasteiger partial charge in [-0.2, -0.15) is 0 Å². The molecule has 20 heavy (non-hydrogen) atoms. The van der Waals surface area contributed by atoms with E-state index in [-0.39, 0.29) is 29.8 Å². The number of Topliss-reactive ketones (excluding diaryl/α,β-unsaturated/α-hetero) is 1. The second-order valence-corrected chi connectivity index (χ2v) is 7.40. The first kappa shape index (κ1) is 15.3. The van der Waals surface area contributed by atoms with Crippen LogP contribution < -0.4 is 10.1 Å². The van der Waals surface area contributed by atoms with Gasteiger partial charge < -0.3 is 10.1 Å². The Kier molecular flexibility index (Phi) is 4.67. The van der Waals surface area contributed by atoms with Crippen LogP contribution in [0.2, 0.25) is 5.02 Å². The van der Waals surface area contributed by atoms with Gasteiger partial charge in [0.2, 0.25) is 0 Å². The summed E-state index contributed by atoms with van der Waals surface area (Å²) >= 11 is 5.89. The van der Waals surface area contributed by atoms with Gasteiger partial charge in [-0.1, -0.05) is 11.6 Å². The van der Waals surface area contributed by atoms with E-state index in [0.29, 0.717) is 22.9 Å². The molecule has 0 spiro atoms. The lowest BCUT2D eigenvalue weighted by atomic mass is 10.0. The number of carbonyl (C=O) groups is 1. The van der Waals surface area contributed by atoms with Crippen molar-refractivity contribution in [2.75, 3.05) is 25.2 Å². The van der Waals surface area contributed by atoms with Crippen LogP contribution in [0.5, 0.6) is 5.75 Å². The Morgan fingerprint density at radius 3 is 2.90 bits per heavy atom. The molecular weight excluding hydrogens is 302 g/mol. The first-order valence-electron chi connectivity index (χ1n) is 6.22. The second-order valence-electron chi connectivity index (χ2n) is 4.74. The molecule has 1 N–H and O–H groups in total. The molecule has 1 atom stereocenters. The molecular formula is C13H16ClNO4S. The Balaban J connectivity index is 2.14. The predicted molar refractivity (Wildman–Crippen MR) is 77.4 cm³/mol. The van der Waals surface area contributed by atoms with Crippen LogP contribution in [0.25, 0.3) is 0 Å². The zero-order chi connectivity index (χ0) is 14.8. The van der Waals surface area contributed by atoms with E-state index in [1.165, 1.54) is 7.11 Å². The summed E-state index contributed by atoms with van der Waals surface area (Å²) in [6.07, 6.45) is 0.107. The number of hydrogen-bond donors (Lipinski definition) is 1. The van der Waals surface area contributed by atoms with Gasteiger partial charge in [0.15, 0.2) is 15.6 Å². The SMILES string of the molecule is COc1ccc(Cl)cc1C(=O)CC1CS(=O)(=O)CCN1. The quantitative estimate of drug-likeness (QED) is 0.848. The van der Waals surface area contributed by atoms with Crippen molar-refractivity contribution in [3.8, 4) is 5.75 Å². The number of hydrogen-bond acceptors (Lipinski definition) is 5. The van der Waals surface area contributed by atoms with Gasteiger partial charge in [-0.05, 0) is 18.2 Å². The average Bonchev–Trinajstić information content (AvgIpc) is 2.37. The number of methoxy groups -OCH3 is 1. The van der Waals surface area contributed by atoms with Crippen molar-refractivity contribution < 1.29 is 17.9 Å². The van der Waals surface area contributed by atoms with Crippen molar-refractivity contribution in [2.45, 2.75) is 12.5 Å². The highest BCUT2D eigenvalue weighted by atomic mass is 35.5. The zero-order valence-electron chi connectivity index (χ0n) is 11.1. The summed E-state index contributed by atoms with van der Waals surface area (Å²) in [5, 5.41) is 3.50. The maximum atomic E-state index is 12.3. The van der Waals surface area contributed by atoms with Crippen LogP contribution in [0.4, 0.5) is 0 Å². The minimum atomic E-state index is -3.06. The standard InChI is InChI=1S/C13H16ClNO4S/c1-19-13-3-2-9(14)6-11(13)12(16)7-10-8-20(17,18)5-4-15-10/h2-3,6,10,15H,4-5,7-8H2,1H3. The van der Waals surface area contributed by atoms with Crippen molar-refractivity contribution in [3.05, 3.63) is 28.8 Å². The third-order valence-corrected chi connectivity index (χ3v) is 5.17. The number of ether oxygens (including phenoxy) is 1. The molecule has 1 unspecified atom stereocenters. The first-order chi connectivity index (χ1) is 9.41. The molecule has 7 heteroatoms. The third-order valence-electron chi connectivity index (χ3n) is 3.19. The van der Waals surface area contributed by atoms with Crippen LogP contribution in [0.15, 0.2) is 18.2 Å². The van der Waals surface area contributed by atoms with Gasteiger partial charge >= 0.3 is 0 Å². The van der Waals surface area contributed by atoms with Crippen LogP contribution in [-0.2, 0) is 9.84 Å². The Hall–Kier alpha value is -1.11. The second kappa shape index (κ2) is 6.11. The Bertz CT molecular complexity index is 615. The van der Waals surface area contributed by atoms with Gasteiger partial charge in [0, 0.05) is 24.0 Å². The van der Waals surface area contributed by atoms with E-state index in [1.807, 2.05) is 0 Å². The molecule has 5 nitrogen and oxygen atoms in total. The smallest absolute Gasteiger partial charge is 0.168 e. The van der Waals surface area contributed by atoms with Gasteiger partial charge in [0.05, 0.1) is 24.2 Å². The summed E-state index contributed by atoms with van der Waals surface area (Å²) in [6.45, 7) is 0.382. The Labute approximate surface area is 123 Å². The molecule has 0 saturated carbocycles. The fourth-order valence-corrected chi connectivity index (χ4v) is 3.85. The number of carbonyl (C=O) groups excluding carboxylic acids is 1. The highest BCUT2D eigenvalue weighted by Crippen LogP contribution is 2.24. The predicted octanol–water partition coefficient (Wildman–Crippen LogP) is 1.31. The fraction of sp³-hybridized carbons (Fsp3) is 0.462. The van der Waals surface area contributed by atoms with Gasteiger partial charge in [-0.3, -0.25) is 4.79 Å². The van der Waals surface area contributed by atoms with E-state index in [9.17, 15) is 13.2 Å². The minimum absolute atomic E-state index is 0.0123. The summed E-state index contributed by atoms with van der Waals surface area (Å²) in [5.41, 5.74) is 0.379. The number of nitrogens with one attached hydrogen (secondary N) is 1. The molecule has 1 heterocycles. The maximum Gasteiger partial charge on any atom is 0.168 e. The van der Waals surface area contributed by atoms with Crippen LogP contribution in [0.1, 0.15) is 16.8 Å². The lowest BCUT2D eigenvalue weighted by molar-refractivity contribution is 0.0969. The van der Waals surface area contributed by atoms with Crippen LogP contribution >= 0.6 is 11.6 Å². The van der Waals surface area contributed by atoms with Crippen molar-refractivity contribution in [2.24, 2.45) is 0 Å². The van der Waals surface area contributed by atoms with Gasteiger partial charge in [-0.25, -0.2) is 8.42 Å². The summed E-state index contributed by atoms with van der Waals surface area (Å²) in [7, 11) is -1.58. The lowest BCUT2D eigenvalue weighted by Crippen LogP contribution is -2.46. The zero-order valence-corrected chi connectivity index (χ0v) is 12.6. The fourth-order valence-electron chi connectivity index (χ4n) is 2.23. The molecule has 1 aromatic carbocycles. The average molecular weight is 318 g/mol. The topological polar surface area (TPSA) is 72.5 Å².